The molecule has 0 amide bonds. The number of rotatable bonds is 3. The SMILES string of the molecule is CNC(c1ccc(C)c(C)c1)c1ncccc1C. The van der Waals surface area contributed by atoms with Gasteiger partial charge < -0.3 is 5.32 Å². The van der Waals surface area contributed by atoms with Gasteiger partial charge in [-0.2, -0.15) is 0 Å². The van der Waals surface area contributed by atoms with E-state index < -0.39 is 0 Å². The molecule has 0 fully saturated rings. The van der Waals surface area contributed by atoms with Crippen molar-refractivity contribution in [1.82, 2.24) is 10.3 Å². The number of nitrogens with one attached hydrogen (secondary N) is 1. The van der Waals surface area contributed by atoms with Crippen LogP contribution in [0.2, 0.25) is 0 Å². The Labute approximate surface area is 109 Å². The lowest BCUT2D eigenvalue weighted by molar-refractivity contribution is 0.665. The molecule has 2 aromatic rings. The van der Waals surface area contributed by atoms with E-state index in [0.29, 0.717) is 0 Å². The number of aromatic nitrogens is 1. The van der Waals surface area contributed by atoms with Crippen LogP contribution in [0.3, 0.4) is 0 Å². The van der Waals surface area contributed by atoms with Crippen LogP contribution >= 0.6 is 0 Å². The maximum Gasteiger partial charge on any atom is 0.0751 e. The quantitative estimate of drug-likeness (QED) is 0.890. The second kappa shape index (κ2) is 5.32. The van der Waals surface area contributed by atoms with Gasteiger partial charge >= 0.3 is 0 Å². The lowest BCUT2D eigenvalue weighted by atomic mass is 9.97. The molecule has 0 bridgehead atoms. The molecule has 1 aromatic carbocycles. The normalized spacial score (nSPS) is 12.4. The first-order valence-corrected chi connectivity index (χ1v) is 6.29. The van der Waals surface area contributed by atoms with Crippen molar-refractivity contribution in [3.05, 3.63) is 64.5 Å². The van der Waals surface area contributed by atoms with Crippen molar-refractivity contribution in [1.29, 1.82) is 0 Å². The molecule has 1 N–H and O–H groups in total. The average Bonchev–Trinajstić information content (AvgIpc) is 2.37. The molecule has 1 aromatic heterocycles. The van der Waals surface area contributed by atoms with Crippen LogP contribution in [0.25, 0.3) is 0 Å². The monoisotopic (exact) mass is 240 g/mol. The zero-order valence-electron chi connectivity index (χ0n) is 11.5. The van der Waals surface area contributed by atoms with Crippen LogP contribution in [0.5, 0.6) is 0 Å². The summed E-state index contributed by atoms with van der Waals surface area (Å²) in [6.07, 6.45) is 1.85. The van der Waals surface area contributed by atoms with Crippen molar-refractivity contribution >= 4 is 0 Å². The van der Waals surface area contributed by atoms with E-state index in [4.69, 9.17) is 0 Å². The van der Waals surface area contributed by atoms with E-state index in [2.05, 4.69) is 55.3 Å². The minimum absolute atomic E-state index is 0.158. The highest BCUT2D eigenvalue weighted by Gasteiger charge is 2.15. The number of pyridine rings is 1. The maximum atomic E-state index is 4.52. The van der Waals surface area contributed by atoms with Crippen molar-refractivity contribution in [2.45, 2.75) is 26.8 Å². The average molecular weight is 240 g/mol. The van der Waals surface area contributed by atoms with Crippen molar-refractivity contribution in [3.63, 3.8) is 0 Å². The van der Waals surface area contributed by atoms with Gasteiger partial charge in [-0.05, 0) is 56.1 Å². The molecular formula is C16H20N2. The van der Waals surface area contributed by atoms with Gasteiger partial charge in [0.05, 0.1) is 11.7 Å². The smallest absolute Gasteiger partial charge is 0.0751 e. The number of benzene rings is 1. The van der Waals surface area contributed by atoms with Crippen LogP contribution in [-0.2, 0) is 0 Å². The molecule has 0 aliphatic rings. The third kappa shape index (κ3) is 2.44. The van der Waals surface area contributed by atoms with Gasteiger partial charge in [-0.25, -0.2) is 0 Å². The van der Waals surface area contributed by atoms with Gasteiger partial charge in [-0.15, -0.1) is 0 Å². The van der Waals surface area contributed by atoms with E-state index in [1.165, 1.54) is 22.3 Å². The third-order valence-corrected chi connectivity index (χ3v) is 3.48. The van der Waals surface area contributed by atoms with E-state index >= 15 is 0 Å². The van der Waals surface area contributed by atoms with E-state index in [1.54, 1.807) is 0 Å². The molecule has 2 nitrogen and oxygen atoms in total. The van der Waals surface area contributed by atoms with Crippen LogP contribution in [0.1, 0.15) is 34.0 Å². The molecule has 2 heteroatoms. The molecule has 0 spiro atoms. The van der Waals surface area contributed by atoms with Crippen molar-refractivity contribution in [3.8, 4) is 0 Å². The summed E-state index contributed by atoms with van der Waals surface area (Å²) in [6, 6.07) is 10.8. The van der Waals surface area contributed by atoms with Crippen LogP contribution in [0.4, 0.5) is 0 Å². The number of hydrogen-bond donors (Lipinski definition) is 1. The minimum atomic E-state index is 0.158. The summed E-state index contributed by atoms with van der Waals surface area (Å²) < 4.78 is 0. The van der Waals surface area contributed by atoms with Crippen LogP contribution < -0.4 is 5.32 Å². The highest BCUT2D eigenvalue weighted by molar-refractivity contribution is 5.37. The molecule has 0 aliphatic heterocycles. The molecule has 1 heterocycles. The number of aryl methyl sites for hydroxylation is 3. The Kier molecular flexibility index (Phi) is 3.78. The lowest BCUT2D eigenvalue weighted by Crippen LogP contribution is -2.20. The Hall–Kier alpha value is -1.67. The molecule has 2 rings (SSSR count). The first-order chi connectivity index (χ1) is 8.63. The van der Waals surface area contributed by atoms with E-state index in [9.17, 15) is 0 Å². The Bertz CT molecular complexity index is 547. The summed E-state index contributed by atoms with van der Waals surface area (Å²) in [5.74, 6) is 0. The summed E-state index contributed by atoms with van der Waals surface area (Å²) in [7, 11) is 1.98. The van der Waals surface area contributed by atoms with E-state index in [1.807, 2.05) is 19.3 Å². The first kappa shape index (κ1) is 12.8. The second-order valence-electron chi connectivity index (χ2n) is 4.77. The van der Waals surface area contributed by atoms with Crippen molar-refractivity contribution in [2.75, 3.05) is 7.05 Å². The summed E-state index contributed by atoms with van der Waals surface area (Å²) in [6.45, 7) is 6.39. The fourth-order valence-electron chi connectivity index (χ4n) is 2.21. The second-order valence-corrected chi connectivity index (χ2v) is 4.77. The molecule has 0 saturated heterocycles. The first-order valence-electron chi connectivity index (χ1n) is 6.29. The summed E-state index contributed by atoms with van der Waals surface area (Å²) in [4.78, 5) is 4.52. The minimum Gasteiger partial charge on any atom is -0.308 e. The van der Waals surface area contributed by atoms with Crippen LogP contribution in [-0.4, -0.2) is 12.0 Å². The molecule has 0 aliphatic carbocycles. The van der Waals surface area contributed by atoms with E-state index in [0.717, 1.165) is 5.69 Å². The van der Waals surface area contributed by atoms with Crippen molar-refractivity contribution in [2.24, 2.45) is 0 Å². The van der Waals surface area contributed by atoms with Gasteiger partial charge in [0, 0.05) is 6.20 Å². The van der Waals surface area contributed by atoms with E-state index in [-0.39, 0.29) is 6.04 Å². The predicted molar refractivity (Wildman–Crippen MR) is 75.8 cm³/mol. The Morgan fingerprint density at radius 3 is 2.39 bits per heavy atom. The molecule has 1 unspecified atom stereocenters. The zero-order chi connectivity index (χ0) is 13.1. The molecule has 0 radical (unpaired) electrons. The topological polar surface area (TPSA) is 24.9 Å². The van der Waals surface area contributed by atoms with Gasteiger partial charge in [-0.3, -0.25) is 4.98 Å². The Morgan fingerprint density at radius 1 is 1.00 bits per heavy atom. The summed E-state index contributed by atoms with van der Waals surface area (Å²) >= 11 is 0. The number of hydrogen-bond acceptors (Lipinski definition) is 2. The molecule has 18 heavy (non-hydrogen) atoms. The van der Waals surface area contributed by atoms with Gasteiger partial charge in [0.25, 0.3) is 0 Å². The summed E-state index contributed by atoms with van der Waals surface area (Å²) in [5.41, 5.74) is 6.23. The van der Waals surface area contributed by atoms with Gasteiger partial charge in [0.2, 0.25) is 0 Å². The fourth-order valence-corrected chi connectivity index (χ4v) is 2.21. The maximum absolute atomic E-state index is 4.52. The van der Waals surface area contributed by atoms with Gasteiger partial charge in [-0.1, -0.05) is 24.3 Å². The highest BCUT2D eigenvalue weighted by Crippen LogP contribution is 2.24. The third-order valence-electron chi connectivity index (χ3n) is 3.48. The zero-order valence-corrected chi connectivity index (χ0v) is 11.5. The van der Waals surface area contributed by atoms with Crippen molar-refractivity contribution < 1.29 is 0 Å². The lowest BCUT2D eigenvalue weighted by Gasteiger charge is -2.19. The molecule has 1 atom stereocenters. The molecule has 94 valence electrons. The number of nitrogens with zero attached hydrogens (tertiary/aromatic N) is 1. The largest absolute Gasteiger partial charge is 0.308 e. The molecule has 0 saturated carbocycles. The Balaban J connectivity index is 2.45. The predicted octanol–water partition coefficient (Wildman–Crippen LogP) is 3.32. The standard InChI is InChI=1S/C16H20N2/c1-11-7-8-14(10-13(11)3)16(17-4)15-12(2)6-5-9-18-15/h5-10,16-17H,1-4H3. The summed E-state index contributed by atoms with van der Waals surface area (Å²) in [5, 5.41) is 3.36. The van der Waals surface area contributed by atoms with Gasteiger partial charge in [0.1, 0.15) is 0 Å². The van der Waals surface area contributed by atoms with Crippen LogP contribution in [0.15, 0.2) is 36.5 Å². The van der Waals surface area contributed by atoms with Gasteiger partial charge in [0.15, 0.2) is 0 Å². The highest BCUT2D eigenvalue weighted by atomic mass is 14.9. The molecular weight excluding hydrogens is 220 g/mol. The van der Waals surface area contributed by atoms with Crippen LogP contribution in [0, 0.1) is 20.8 Å². The Morgan fingerprint density at radius 2 is 1.78 bits per heavy atom. The fraction of sp³-hybridized carbons (Fsp3) is 0.312.